The SMILES string of the molecule is CC(N)c1nnc(-c2ccncc2F)o1. The Morgan fingerprint density at radius 2 is 2.27 bits per heavy atom. The van der Waals surface area contributed by atoms with Crippen molar-refractivity contribution in [1.29, 1.82) is 0 Å². The lowest BCUT2D eigenvalue weighted by atomic mass is 10.2. The maximum Gasteiger partial charge on any atom is 0.250 e. The van der Waals surface area contributed by atoms with Crippen LogP contribution < -0.4 is 5.73 Å². The molecule has 6 heteroatoms. The minimum Gasteiger partial charge on any atom is -0.419 e. The molecular formula is C9H9FN4O. The third-order valence-electron chi connectivity index (χ3n) is 1.83. The van der Waals surface area contributed by atoms with Crippen LogP contribution in [0.2, 0.25) is 0 Å². The van der Waals surface area contributed by atoms with Crippen LogP contribution in [0, 0.1) is 5.82 Å². The number of nitrogens with zero attached hydrogens (tertiary/aromatic N) is 3. The molecule has 0 aromatic carbocycles. The summed E-state index contributed by atoms with van der Waals surface area (Å²) in [6, 6.07) is 1.10. The van der Waals surface area contributed by atoms with Crippen LogP contribution in [0.25, 0.3) is 11.5 Å². The number of hydrogen-bond acceptors (Lipinski definition) is 5. The summed E-state index contributed by atoms with van der Waals surface area (Å²) in [6.45, 7) is 1.71. The summed E-state index contributed by atoms with van der Waals surface area (Å²) in [6.07, 6.45) is 2.54. The van der Waals surface area contributed by atoms with Crippen molar-refractivity contribution in [2.24, 2.45) is 5.73 Å². The summed E-state index contributed by atoms with van der Waals surface area (Å²) in [7, 11) is 0. The Labute approximate surface area is 85.1 Å². The van der Waals surface area contributed by atoms with Gasteiger partial charge in [0.1, 0.15) is 0 Å². The van der Waals surface area contributed by atoms with Crippen molar-refractivity contribution in [3.05, 3.63) is 30.2 Å². The average molecular weight is 208 g/mol. The van der Waals surface area contributed by atoms with Gasteiger partial charge in [-0.15, -0.1) is 10.2 Å². The monoisotopic (exact) mass is 208 g/mol. The number of pyridine rings is 1. The maximum atomic E-state index is 13.3. The molecule has 0 aliphatic heterocycles. The molecular weight excluding hydrogens is 199 g/mol. The van der Waals surface area contributed by atoms with Crippen molar-refractivity contribution in [2.75, 3.05) is 0 Å². The first kappa shape index (κ1) is 9.72. The molecule has 1 atom stereocenters. The number of aromatic nitrogens is 3. The third kappa shape index (κ3) is 1.84. The first-order valence-corrected chi connectivity index (χ1v) is 4.37. The Hall–Kier alpha value is -1.82. The normalized spacial score (nSPS) is 12.7. The van der Waals surface area contributed by atoms with E-state index in [0.29, 0.717) is 0 Å². The van der Waals surface area contributed by atoms with Gasteiger partial charge in [-0.3, -0.25) is 4.98 Å². The van der Waals surface area contributed by atoms with Crippen LogP contribution in [0.1, 0.15) is 18.9 Å². The second-order valence-electron chi connectivity index (χ2n) is 3.09. The molecule has 5 nitrogen and oxygen atoms in total. The van der Waals surface area contributed by atoms with Gasteiger partial charge in [-0.25, -0.2) is 4.39 Å². The van der Waals surface area contributed by atoms with Gasteiger partial charge in [0.15, 0.2) is 5.82 Å². The highest BCUT2D eigenvalue weighted by atomic mass is 19.1. The lowest BCUT2D eigenvalue weighted by Gasteiger charge is -1.96. The number of hydrogen-bond donors (Lipinski definition) is 1. The minimum atomic E-state index is -0.502. The Morgan fingerprint density at radius 3 is 2.87 bits per heavy atom. The Morgan fingerprint density at radius 1 is 1.47 bits per heavy atom. The predicted octanol–water partition coefficient (Wildman–Crippen LogP) is 1.29. The Kier molecular flexibility index (Phi) is 2.42. The van der Waals surface area contributed by atoms with Gasteiger partial charge in [0.05, 0.1) is 17.8 Å². The first-order chi connectivity index (χ1) is 7.18. The number of nitrogens with two attached hydrogens (primary N) is 1. The molecule has 15 heavy (non-hydrogen) atoms. The van der Waals surface area contributed by atoms with E-state index in [1.807, 2.05) is 0 Å². The molecule has 0 aliphatic rings. The molecule has 0 amide bonds. The summed E-state index contributed by atoms with van der Waals surface area (Å²) < 4.78 is 18.5. The molecule has 0 spiro atoms. The molecule has 2 aromatic rings. The fourth-order valence-corrected chi connectivity index (χ4v) is 1.08. The highest BCUT2D eigenvalue weighted by Crippen LogP contribution is 2.21. The van der Waals surface area contributed by atoms with Crippen LogP contribution in [0.4, 0.5) is 4.39 Å². The second kappa shape index (κ2) is 3.74. The van der Waals surface area contributed by atoms with Crippen LogP contribution >= 0.6 is 0 Å². The topological polar surface area (TPSA) is 77.8 Å². The van der Waals surface area contributed by atoms with E-state index in [2.05, 4.69) is 15.2 Å². The van der Waals surface area contributed by atoms with E-state index < -0.39 is 5.82 Å². The van der Waals surface area contributed by atoms with Gasteiger partial charge >= 0.3 is 0 Å². The van der Waals surface area contributed by atoms with Crippen molar-refractivity contribution in [2.45, 2.75) is 13.0 Å². The minimum absolute atomic E-state index is 0.113. The highest BCUT2D eigenvalue weighted by Gasteiger charge is 2.14. The number of rotatable bonds is 2. The van der Waals surface area contributed by atoms with Gasteiger partial charge in [0.25, 0.3) is 5.89 Å². The summed E-state index contributed by atoms with van der Waals surface area (Å²) in [5.41, 5.74) is 5.77. The van der Waals surface area contributed by atoms with E-state index >= 15 is 0 Å². The van der Waals surface area contributed by atoms with Gasteiger partial charge in [-0.1, -0.05) is 0 Å². The summed E-state index contributed by atoms with van der Waals surface area (Å²) in [4.78, 5) is 3.62. The van der Waals surface area contributed by atoms with E-state index in [-0.39, 0.29) is 23.4 Å². The van der Waals surface area contributed by atoms with Crippen molar-refractivity contribution < 1.29 is 8.81 Å². The summed E-state index contributed by atoms with van der Waals surface area (Å²) in [5.74, 6) is -0.110. The lowest BCUT2D eigenvalue weighted by Crippen LogP contribution is -2.04. The molecule has 2 heterocycles. The van der Waals surface area contributed by atoms with E-state index in [0.717, 1.165) is 6.20 Å². The zero-order valence-corrected chi connectivity index (χ0v) is 8.01. The average Bonchev–Trinajstić information content (AvgIpc) is 2.67. The molecule has 0 saturated heterocycles. The van der Waals surface area contributed by atoms with Crippen LogP contribution in [0.15, 0.2) is 22.9 Å². The van der Waals surface area contributed by atoms with E-state index in [1.165, 1.54) is 12.3 Å². The zero-order chi connectivity index (χ0) is 10.8. The first-order valence-electron chi connectivity index (χ1n) is 4.37. The molecule has 0 radical (unpaired) electrons. The zero-order valence-electron chi connectivity index (χ0n) is 8.01. The standard InChI is InChI=1S/C9H9FN4O/c1-5(11)8-13-14-9(15-8)6-2-3-12-4-7(6)10/h2-5H,11H2,1H3. The molecule has 0 fully saturated rings. The van der Waals surface area contributed by atoms with Crippen molar-refractivity contribution >= 4 is 0 Å². The smallest absolute Gasteiger partial charge is 0.250 e. The lowest BCUT2D eigenvalue weighted by molar-refractivity contribution is 0.470. The van der Waals surface area contributed by atoms with Gasteiger partial charge in [-0.05, 0) is 13.0 Å². The van der Waals surface area contributed by atoms with Crippen LogP contribution in [-0.4, -0.2) is 15.2 Å². The van der Waals surface area contributed by atoms with Gasteiger partial charge < -0.3 is 10.2 Å². The Balaban J connectivity index is 2.42. The second-order valence-corrected chi connectivity index (χ2v) is 3.09. The molecule has 0 saturated carbocycles. The van der Waals surface area contributed by atoms with Gasteiger partial charge in [0.2, 0.25) is 5.89 Å². The molecule has 2 N–H and O–H groups in total. The van der Waals surface area contributed by atoms with E-state index in [1.54, 1.807) is 6.92 Å². The van der Waals surface area contributed by atoms with Crippen molar-refractivity contribution in [3.8, 4) is 11.5 Å². The Bertz CT molecular complexity index is 469. The largest absolute Gasteiger partial charge is 0.419 e. The molecule has 0 bridgehead atoms. The molecule has 0 aliphatic carbocycles. The molecule has 2 aromatic heterocycles. The maximum absolute atomic E-state index is 13.3. The molecule has 2 rings (SSSR count). The number of halogens is 1. The fourth-order valence-electron chi connectivity index (χ4n) is 1.08. The van der Waals surface area contributed by atoms with Crippen molar-refractivity contribution in [1.82, 2.24) is 15.2 Å². The van der Waals surface area contributed by atoms with E-state index in [4.69, 9.17) is 10.2 Å². The van der Waals surface area contributed by atoms with Gasteiger partial charge in [-0.2, -0.15) is 0 Å². The van der Waals surface area contributed by atoms with Crippen LogP contribution in [0.5, 0.6) is 0 Å². The third-order valence-corrected chi connectivity index (χ3v) is 1.83. The summed E-state index contributed by atoms with van der Waals surface area (Å²) >= 11 is 0. The van der Waals surface area contributed by atoms with Gasteiger partial charge in [0, 0.05) is 6.20 Å². The molecule has 78 valence electrons. The fraction of sp³-hybridized carbons (Fsp3) is 0.222. The van der Waals surface area contributed by atoms with E-state index in [9.17, 15) is 4.39 Å². The van der Waals surface area contributed by atoms with Crippen LogP contribution in [0.3, 0.4) is 0 Å². The quantitative estimate of drug-likeness (QED) is 0.804. The van der Waals surface area contributed by atoms with Crippen molar-refractivity contribution in [3.63, 3.8) is 0 Å². The van der Waals surface area contributed by atoms with Crippen LogP contribution in [-0.2, 0) is 0 Å². The highest BCUT2D eigenvalue weighted by molar-refractivity contribution is 5.52. The summed E-state index contributed by atoms with van der Waals surface area (Å²) in [5, 5.41) is 7.41. The predicted molar refractivity (Wildman–Crippen MR) is 50.1 cm³/mol. The molecule has 1 unspecified atom stereocenters.